The topological polar surface area (TPSA) is 0 Å². The van der Waals surface area contributed by atoms with Crippen LogP contribution in [0.4, 0.5) is 0 Å². The zero-order valence-electron chi connectivity index (χ0n) is 1.69. The first-order chi connectivity index (χ1) is 1.00. The molecule has 0 saturated heterocycles. The van der Waals surface area contributed by atoms with Crippen LogP contribution in [0.15, 0.2) is 0 Å². The van der Waals surface area contributed by atoms with Gasteiger partial charge in [-0.05, 0) is 0 Å². The molecule has 0 atom stereocenters. The fourth-order valence-corrected chi connectivity index (χ4v) is 0. The van der Waals surface area contributed by atoms with Crippen molar-refractivity contribution in [1.82, 2.24) is 0 Å². The van der Waals surface area contributed by atoms with Crippen molar-refractivity contribution in [2.45, 2.75) is 0 Å². The monoisotopic (exact) mass is 509 g/mol. The molecule has 0 saturated carbocycles. The fraction of sp³-hybridized carbons (Fsp3) is 0. The molecule has 1 radical (unpaired) electrons. The van der Waals surface area contributed by atoms with E-state index < -0.39 is 0 Å². The Kier molecular flexibility index (Phi) is 66.8. The van der Waals surface area contributed by atoms with Crippen LogP contribution < -0.4 is 0 Å². The summed E-state index contributed by atoms with van der Waals surface area (Å²) in [7, 11) is 0. The molecule has 37 valence electrons. The van der Waals surface area contributed by atoms with Crippen LogP contribution in [0.1, 0.15) is 0 Å². The van der Waals surface area contributed by atoms with Crippen LogP contribution in [-0.4, -0.2) is 26.2 Å². The molecule has 0 aliphatic carbocycles. The maximum Gasteiger partial charge on any atom is 0 e. The van der Waals surface area contributed by atoms with E-state index in [0.29, 0.717) is 0 Å². The van der Waals surface area contributed by atoms with Gasteiger partial charge in [0.15, 0.2) is 0 Å². The quantitative estimate of drug-likeness (QED) is 0.310. The molecule has 0 unspecified atom stereocenters. The average molecular weight is 510 g/mol. The van der Waals surface area contributed by atoms with Crippen molar-refractivity contribution in [3.63, 3.8) is 0 Å². The molecule has 0 aromatic heterocycles. The summed E-state index contributed by atoms with van der Waals surface area (Å²) in [5, 5.41) is 0. The Labute approximate surface area is 77.9 Å². The van der Waals surface area contributed by atoms with Crippen LogP contribution in [-0.2, 0) is 34.3 Å². The number of halogens is 1. The van der Waals surface area contributed by atoms with Crippen molar-refractivity contribution in [3.05, 3.63) is 0 Å². The smallest absolute Gasteiger partial charge is 0 e. The van der Waals surface area contributed by atoms with E-state index >= 15 is 0 Å². The fourth-order valence-electron chi connectivity index (χ4n) is 0. The third-order valence-electron chi connectivity index (χ3n) is 0. The van der Waals surface area contributed by atoms with E-state index in [4.69, 9.17) is 0 Å². The van der Waals surface area contributed by atoms with Crippen LogP contribution in [0.25, 0.3) is 0 Å². The van der Waals surface area contributed by atoms with Crippen molar-refractivity contribution in [2.24, 2.45) is 0 Å². The largest absolute Gasteiger partial charge is 0 e. The Balaban J connectivity index is -0.00000000500. The van der Waals surface area contributed by atoms with Gasteiger partial charge in [0.05, 0.1) is 0 Å². The zero-order chi connectivity index (χ0) is 2.00. The minimum absolute atomic E-state index is 0. The van der Waals surface area contributed by atoms with E-state index in [1.165, 1.54) is 0 Å². The minimum atomic E-state index is 0. The normalized spacial score (nSPS) is 1.75. The minimum Gasteiger partial charge on any atom is 0 e. The van der Waals surface area contributed by atoms with Crippen molar-refractivity contribution < 1.29 is 34.3 Å². The molecule has 0 aliphatic rings. The van der Waals surface area contributed by atoms with Gasteiger partial charge in [0.25, 0.3) is 0 Å². The van der Waals surface area contributed by atoms with Gasteiger partial charge in [-0.1, -0.05) is 0 Å². The van der Waals surface area contributed by atoms with Crippen LogP contribution in [0.3, 0.4) is 0 Å². The van der Waals surface area contributed by atoms with Gasteiger partial charge in [-0.2, -0.15) is 0 Å². The van der Waals surface area contributed by atoms with Crippen molar-refractivity contribution in [2.75, 3.05) is 0 Å². The van der Waals surface area contributed by atoms with Gasteiger partial charge in [-0.25, -0.2) is 0 Å². The summed E-state index contributed by atoms with van der Waals surface area (Å²) in [5.74, 6) is 0. The van der Waals surface area contributed by atoms with Crippen LogP contribution in [0.2, 0.25) is 0 Å². The standard InChI is InChI=1S/Ag.Bi.Cu.HI.3H/h;;;1H;;;/q+1;;;;;;/p-1. The van der Waals surface area contributed by atoms with Gasteiger partial charge in [-0.15, -0.1) is 0 Å². The molecule has 4 heteroatoms. The second-order valence-electron chi connectivity index (χ2n) is 0. The predicted octanol–water partition coefficient (Wildman–Crippen LogP) is -0.303. The molecule has 0 fully saturated rings. The van der Waals surface area contributed by atoms with E-state index in [-0.39, 0.29) is 43.3 Å². The van der Waals surface area contributed by atoms with Gasteiger partial charge >= 0.3 is 62.5 Å². The molecule has 0 aromatic rings. The Bertz CT molecular complexity index is 8.00. The summed E-state index contributed by atoms with van der Waals surface area (Å²) in [4.78, 5) is 0. The summed E-state index contributed by atoms with van der Waals surface area (Å²) in [6, 6.07) is 0. The molecule has 0 aliphatic heterocycles. The van der Waals surface area contributed by atoms with Gasteiger partial charge in [0.2, 0.25) is 0 Å². The van der Waals surface area contributed by atoms with Gasteiger partial charge < -0.3 is 0 Å². The molecular weight excluding hydrogens is 507 g/mol. The van der Waals surface area contributed by atoms with E-state index in [9.17, 15) is 0 Å². The van der Waals surface area contributed by atoms with Crippen molar-refractivity contribution in [1.29, 1.82) is 0 Å². The Morgan fingerprint density at radius 1 is 1.25 bits per heavy atom. The summed E-state index contributed by atoms with van der Waals surface area (Å²) >= 11 is 4.88. The third-order valence-corrected chi connectivity index (χ3v) is 0. The Morgan fingerprint density at radius 3 is 1.25 bits per heavy atom. The van der Waals surface area contributed by atoms with E-state index in [1.54, 1.807) is 0 Å². The molecule has 0 rings (SSSR count). The first-order valence-electron chi connectivity index (χ1n) is 0.114. The van der Waals surface area contributed by atoms with Crippen molar-refractivity contribution in [3.8, 4) is 0 Å². The average Bonchev–Trinajstić information content (AvgIpc) is 1.00. The van der Waals surface area contributed by atoms with Crippen LogP contribution >= 0.6 is 19.0 Å². The van der Waals surface area contributed by atoms with E-state index in [1.807, 2.05) is 19.0 Å². The van der Waals surface area contributed by atoms with Gasteiger partial charge in [-0.3, -0.25) is 0 Å². The molecule has 4 heavy (non-hydrogen) atoms. The van der Waals surface area contributed by atoms with Crippen molar-refractivity contribution >= 4 is 45.2 Å². The van der Waals surface area contributed by atoms with Gasteiger partial charge in [0, 0.05) is 17.1 Å². The predicted molar refractivity (Wildman–Crippen MR) is 24.0 cm³/mol. The molecule has 0 bridgehead atoms. The zero-order valence-corrected chi connectivity index (χ0v) is 11.8. The number of rotatable bonds is 0. The van der Waals surface area contributed by atoms with E-state index in [0.717, 1.165) is 0 Å². The first kappa shape index (κ1) is 15.8. The van der Waals surface area contributed by atoms with Crippen LogP contribution in [0, 0.1) is 0 Å². The van der Waals surface area contributed by atoms with E-state index in [2.05, 4.69) is 17.3 Å². The molecule has 0 spiro atoms. The number of hydrogen-bond acceptors (Lipinski definition) is 0. The Morgan fingerprint density at radius 2 is 1.25 bits per heavy atom. The summed E-state index contributed by atoms with van der Waals surface area (Å²) in [5.41, 5.74) is 0. The maximum absolute atomic E-state index is 2.92. The third kappa shape index (κ3) is 8.86. The molecule has 0 aromatic carbocycles. The maximum atomic E-state index is 2.92. The van der Waals surface area contributed by atoms with Gasteiger partial charge in [0.1, 0.15) is 0 Å². The Hall–Kier alpha value is 2.87. The summed E-state index contributed by atoms with van der Waals surface area (Å²) in [6.07, 6.45) is 0. The first-order valence-corrected chi connectivity index (χ1v) is 4.52. The second-order valence-corrected chi connectivity index (χ2v) is 0. The number of hydrogen-bond donors (Lipinski definition) is 0. The molecule has 0 heterocycles. The summed E-state index contributed by atoms with van der Waals surface area (Å²) in [6.45, 7) is 0. The second kappa shape index (κ2) is 16.9. The SMILES string of the molecule is [Ag][I].[BiH3].[Cu]. The molecule has 0 nitrogen and oxygen atoms in total. The molecular formula is H3AgBiCuI. The van der Waals surface area contributed by atoms with Crippen LogP contribution in [0.5, 0.6) is 0 Å². The molecule has 0 N–H and O–H groups in total. The summed E-state index contributed by atoms with van der Waals surface area (Å²) < 4.78 is 0. The molecule has 0 amide bonds.